The van der Waals surface area contributed by atoms with E-state index >= 15 is 0 Å². The minimum atomic E-state index is -4.20. The molecule has 1 aliphatic rings. The molecule has 3 nitrogen and oxygen atoms in total. The van der Waals surface area contributed by atoms with Gasteiger partial charge in [-0.3, -0.25) is 4.90 Å². The second-order valence-electron chi connectivity index (χ2n) is 6.18. The van der Waals surface area contributed by atoms with Crippen LogP contribution in [0.3, 0.4) is 0 Å². The van der Waals surface area contributed by atoms with Gasteiger partial charge in [-0.25, -0.2) is 0 Å². The Balaban J connectivity index is 0.00000169. The van der Waals surface area contributed by atoms with Gasteiger partial charge in [0.1, 0.15) is 5.75 Å². The molecule has 2 aromatic carbocycles. The number of alkyl halides is 3. The second kappa shape index (κ2) is 9.65. The molecule has 0 aromatic heterocycles. The van der Waals surface area contributed by atoms with Crippen LogP contribution in [0.2, 0.25) is 0 Å². The number of rotatable bonds is 4. The number of hydrogen-bond acceptors (Lipinski definition) is 3. The van der Waals surface area contributed by atoms with Gasteiger partial charge in [0, 0.05) is 44.2 Å². The van der Waals surface area contributed by atoms with E-state index in [-0.39, 0.29) is 37.0 Å². The van der Waals surface area contributed by atoms with Crippen molar-refractivity contribution >= 4 is 35.6 Å². The van der Waals surface area contributed by atoms with Crippen molar-refractivity contribution in [1.82, 2.24) is 10.2 Å². The molecule has 1 fully saturated rings. The molecule has 1 saturated heterocycles. The lowest BCUT2D eigenvalue weighted by molar-refractivity contribution is -0.138. The van der Waals surface area contributed by atoms with Gasteiger partial charge in [-0.2, -0.15) is 13.2 Å². The summed E-state index contributed by atoms with van der Waals surface area (Å²) in [7, 11) is 0. The lowest BCUT2D eigenvalue weighted by Gasteiger charge is -2.36. The first-order valence-corrected chi connectivity index (χ1v) is 8.18. The Bertz CT molecular complexity index is 706. The molecular formula is C18H23Cl2F3N2O. The van der Waals surface area contributed by atoms with Crippen LogP contribution in [0.5, 0.6) is 5.75 Å². The highest BCUT2D eigenvalue weighted by atomic mass is 35.5. The van der Waals surface area contributed by atoms with E-state index in [9.17, 15) is 18.3 Å². The topological polar surface area (TPSA) is 35.5 Å². The van der Waals surface area contributed by atoms with Crippen LogP contribution in [-0.2, 0) is 0 Å². The maximum Gasteiger partial charge on any atom is 0.389 e. The zero-order valence-electron chi connectivity index (χ0n) is 14.1. The Labute approximate surface area is 163 Å². The van der Waals surface area contributed by atoms with Crippen LogP contribution in [0.4, 0.5) is 13.2 Å². The molecule has 1 atom stereocenters. The van der Waals surface area contributed by atoms with E-state index in [0.29, 0.717) is 18.7 Å². The standard InChI is InChI=1S/C18H21F3N2O.2ClH/c19-18(20,21)8-7-15(23-11-9-22-10-12-23)17-14-4-2-1-3-13(14)5-6-16(17)24;;/h1-6,15,22,24H,7-12H2;2*1H/t15-;;/m0../s1. The molecule has 0 aliphatic carbocycles. The Kier molecular flexibility index (Phi) is 8.47. The van der Waals surface area contributed by atoms with Crippen molar-refractivity contribution in [2.75, 3.05) is 26.2 Å². The van der Waals surface area contributed by atoms with E-state index in [0.717, 1.165) is 23.9 Å². The smallest absolute Gasteiger partial charge is 0.389 e. The van der Waals surface area contributed by atoms with E-state index < -0.39 is 18.6 Å². The molecule has 146 valence electrons. The number of piperazine rings is 1. The van der Waals surface area contributed by atoms with E-state index in [4.69, 9.17) is 0 Å². The Morgan fingerprint density at radius 1 is 1.04 bits per heavy atom. The number of phenols is 1. The minimum Gasteiger partial charge on any atom is -0.508 e. The third-order valence-electron chi connectivity index (χ3n) is 4.57. The van der Waals surface area contributed by atoms with Gasteiger partial charge in [0.15, 0.2) is 0 Å². The molecule has 3 rings (SSSR count). The Hall–Kier alpha value is -1.21. The van der Waals surface area contributed by atoms with Crippen LogP contribution in [0.25, 0.3) is 10.8 Å². The third-order valence-corrected chi connectivity index (χ3v) is 4.57. The molecule has 1 heterocycles. The van der Waals surface area contributed by atoms with Crippen molar-refractivity contribution in [1.29, 1.82) is 0 Å². The van der Waals surface area contributed by atoms with Gasteiger partial charge in [-0.05, 0) is 23.3 Å². The normalized spacial score (nSPS) is 16.6. The molecule has 1 aliphatic heterocycles. The number of nitrogens with one attached hydrogen (secondary N) is 1. The summed E-state index contributed by atoms with van der Waals surface area (Å²) in [5.41, 5.74) is 0.610. The van der Waals surface area contributed by atoms with Crippen LogP contribution in [0, 0.1) is 0 Å². The lowest BCUT2D eigenvalue weighted by Crippen LogP contribution is -2.45. The molecule has 2 aromatic rings. The second-order valence-corrected chi connectivity index (χ2v) is 6.18. The van der Waals surface area contributed by atoms with Crippen molar-refractivity contribution in [3.05, 3.63) is 42.0 Å². The predicted molar refractivity (Wildman–Crippen MR) is 103 cm³/mol. The molecule has 0 saturated carbocycles. The number of aromatic hydroxyl groups is 1. The van der Waals surface area contributed by atoms with E-state index in [1.54, 1.807) is 12.1 Å². The molecule has 0 amide bonds. The summed E-state index contributed by atoms with van der Waals surface area (Å²) in [6.45, 7) is 2.83. The first-order valence-electron chi connectivity index (χ1n) is 8.18. The van der Waals surface area contributed by atoms with Gasteiger partial charge < -0.3 is 10.4 Å². The predicted octanol–water partition coefficient (Wildman–Crippen LogP) is 4.68. The van der Waals surface area contributed by atoms with Crippen molar-refractivity contribution < 1.29 is 18.3 Å². The molecule has 0 radical (unpaired) electrons. The van der Waals surface area contributed by atoms with E-state index in [1.807, 2.05) is 29.2 Å². The Morgan fingerprint density at radius 3 is 2.35 bits per heavy atom. The van der Waals surface area contributed by atoms with Gasteiger partial charge in [0.05, 0.1) is 0 Å². The van der Waals surface area contributed by atoms with Crippen molar-refractivity contribution in [2.24, 2.45) is 0 Å². The number of nitrogens with zero attached hydrogens (tertiary/aromatic N) is 1. The molecule has 8 heteroatoms. The van der Waals surface area contributed by atoms with Crippen molar-refractivity contribution in [2.45, 2.75) is 25.1 Å². The first-order chi connectivity index (χ1) is 11.5. The zero-order chi connectivity index (χ0) is 17.2. The summed E-state index contributed by atoms with van der Waals surface area (Å²) in [5.74, 6) is 0.0689. The first kappa shape index (κ1) is 22.8. The number of hydrogen-bond donors (Lipinski definition) is 2. The number of benzene rings is 2. The molecule has 2 N–H and O–H groups in total. The van der Waals surface area contributed by atoms with Gasteiger partial charge in [0.2, 0.25) is 0 Å². The Morgan fingerprint density at radius 2 is 1.69 bits per heavy atom. The highest BCUT2D eigenvalue weighted by molar-refractivity contribution is 5.88. The van der Waals surface area contributed by atoms with Gasteiger partial charge in [-0.15, -0.1) is 24.8 Å². The maximum atomic E-state index is 12.8. The van der Waals surface area contributed by atoms with Crippen molar-refractivity contribution in [3.8, 4) is 5.75 Å². The van der Waals surface area contributed by atoms with Gasteiger partial charge in [-0.1, -0.05) is 30.3 Å². The molecule has 0 bridgehead atoms. The summed E-state index contributed by atoms with van der Waals surface area (Å²) in [6, 6.07) is 10.5. The average Bonchev–Trinajstić information content (AvgIpc) is 2.57. The zero-order valence-corrected chi connectivity index (χ0v) is 15.8. The number of phenolic OH excluding ortho intramolecular Hbond substituents is 1. The fourth-order valence-electron chi connectivity index (χ4n) is 3.44. The highest BCUT2D eigenvalue weighted by Crippen LogP contribution is 2.39. The monoisotopic (exact) mass is 410 g/mol. The molecule has 0 unspecified atom stereocenters. The summed E-state index contributed by atoms with van der Waals surface area (Å²) in [6.07, 6.45) is -5.11. The highest BCUT2D eigenvalue weighted by Gasteiger charge is 2.33. The lowest BCUT2D eigenvalue weighted by atomic mass is 9.93. The fraction of sp³-hybridized carbons (Fsp3) is 0.444. The van der Waals surface area contributed by atoms with Crippen LogP contribution in [0.1, 0.15) is 24.4 Å². The molecule has 0 spiro atoms. The summed E-state index contributed by atoms with van der Waals surface area (Å²) in [5, 5.41) is 15.4. The third kappa shape index (κ3) is 5.39. The summed E-state index contributed by atoms with van der Waals surface area (Å²) in [4.78, 5) is 2.05. The van der Waals surface area contributed by atoms with Crippen molar-refractivity contribution in [3.63, 3.8) is 0 Å². The van der Waals surface area contributed by atoms with E-state index in [1.165, 1.54) is 0 Å². The summed E-state index contributed by atoms with van der Waals surface area (Å²) < 4.78 is 38.5. The van der Waals surface area contributed by atoms with Crippen LogP contribution >= 0.6 is 24.8 Å². The summed E-state index contributed by atoms with van der Waals surface area (Å²) >= 11 is 0. The number of halogens is 5. The quantitative estimate of drug-likeness (QED) is 0.767. The molecule has 26 heavy (non-hydrogen) atoms. The molecular weight excluding hydrogens is 388 g/mol. The fourth-order valence-corrected chi connectivity index (χ4v) is 3.44. The van der Waals surface area contributed by atoms with E-state index in [2.05, 4.69) is 5.32 Å². The minimum absolute atomic E-state index is 0. The SMILES string of the molecule is Cl.Cl.Oc1ccc2ccccc2c1[C@H](CCC(F)(F)F)N1CCNCC1. The van der Waals surface area contributed by atoms with Crippen LogP contribution < -0.4 is 5.32 Å². The average molecular weight is 411 g/mol. The largest absolute Gasteiger partial charge is 0.508 e. The van der Waals surface area contributed by atoms with Crippen LogP contribution in [-0.4, -0.2) is 42.4 Å². The van der Waals surface area contributed by atoms with Crippen LogP contribution in [0.15, 0.2) is 36.4 Å². The van der Waals surface area contributed by atoms with Gasteiger partial charge in [0.25, 0.3) is 0 Å². The number of fused-ring (bicyclic) bond motifs is 1. The maximum absolute atomic E-state index is 12.8. The van der Waals surface area contributed by atoms with Gasteiger partial charge >= 0.3 is 6.18 Å².